The lowest BCUT2D eigenvalue weighted by atomic mass is 9.88. The number of fused-ring (bicyclic) bond motifs is 5. The van der Waals surface area contributed by atoms with E-state index >= 15 is 0 Å². The van der Waals surface area contributed by atoms with Gasteiger partial charge in [0.05, 0.1) is 23.2 Å². The molecule has 0 amide bonds. The SMILES string of the molecule is C=C(N)c1cc(-c2ccc(C)cc2F)c2c(n1)[C@H]1CC[C@@H]2O1. The standard InChI is InChI=1S/C18H17FN2O/c1-9-3-4-11(13(19)7-9)12-8-14(10(2)20)21-18-16-6-5-15(22-16)17(12)18/h3-4,7-8,15-16H,2,5-6,20H2,1H3/t15-,16+/m0/s1. The van der Waals surface area contributed by atoms with Gasteiger partial charge >= 0.3 is 0 Å². The van der Waals surface area contributed by atoms with Crippen LogP contribution in [0.4, 0.5) is 4.39 Å². The van der Waals surface area contributed by atoms with Crippen LogP contribution in [0.25, 0.3) is 16.8 Å². The summed E-state index contributed by atoms with van der Waals surface area (Å²) in [5, 5.41) is 0. The van der Waals surface area contributed by atoms with Crippen molar-refractivity contribution in [2.24, 2.45) is 5.73 Å². The number of halogens is 1. The molecule has 2 aliphatic rings. The fraction of sp³-hybridized carbons (Fsp3) is 0.278. The summed E-state index contributed by atoms with van der Waals surface area (Å²) in [6, 6.07) is 7.11. The first-order chi connectivity index (χ1) is 10.5. The van der Waals surface area contributed by atoms with Gasteiger partial charge in [-0.15, -0.1) is 0 Å². The third-order valence-electron chi connectivity index (χ3n) is 4.48. The maximum absolute atomic E-state index is 14.5. The van der Waals surface area contributed by atoms with E-state index in [1.807, 2.05) is 25.1 Å². The number of rotatable bonds is 2. The smallest absolute Gasteiger partial charge is 0.131 e. The number of nitrogens with zero attached hydrogens (tertiary/aromatic N) is 1. The third-order valence-corrected chi connectivity index (χ3v) is 4.48. The first-order valence-corrected chi connectivity index (χ1v) is 7.46. The molecular formula is C18H17FN2O. The zero-order valence-electron chi connectivity index (χ0n) is 12.4. The lowest BCUT2D eigenvalue weighted by molar-refractivity contribution is 0.0705. The van der Waals surface area contributed by atoms with Gasteiger partial charge in [0.1, 0.15) is 11.9 Å². The van der Waals surface area contributed by atoms with Crippen molar-refractivity contribution in [2.75, 3.05) is 0 Å². The quantitative estimate of drug-likeness (QED) is 0.910. The molecule has 4 heteroatoms. The maximum Gasteiger partial charge on any atom is 0.131 e. The minimum Gasteiger partial charge on any atom is -0.397 e. The van der Waals surface area contributed by atoms with Gasteiger partial charge in [0, 0.05) is 11.1 Å². The molecule has 112 valence electrons. The first kappa shape index (κ1) is 13.5. The molecule has 0 spiro atoms. The molecule has 22 heavy (non-hydrogen) atoms. The summed E-state index contributed by atoms with van der Waals surface area (Å²) >= 11 is 0. The number of nitrogens with two attached hydrogens (primary N) is 1. The Hall–Kier alpha value is -2.20. The van der Waals surface area contributed by atoms with E-state index in [0.717, 1.165) is 35.2 Å². The first-order valence-electron chi connectivity index (χ1n) is 7.46. The minimum atomic E-state index is -0.232. The van der Waals surface area contributed by atoms with E-state index < -0.39 is 0 Å². The van der Waals surface area contributed by atoms with Gasteiger partial charge in [-0.3, -0.25) is 0 Å². The molecule has 1 saturated heterocycles. The largest absolute Gasteiger partial charge is 0.397 e. The molecule has 2 aromatic rings. The van der Waals surface area contributed by atoms with Crippen molar-refractivity contribution in [1.29, 1.82) is 0 Å². The van der Waals surface area contributed by atoms with E-state index in [0.29, 0.717) is 17.0 Å². The van der Waals surface area contributed by atoms with E-state index in [1.165, 1.54) is 0 Å². The summed E-state index contributed by atoms with van der Waals surface area (Å²) < 4.78 is 20.4. The number of pyridine rings is 1. The Labute approximate surface area is 128 Å². The Kier molecular flexibility index (Phi) is 2.84. The van der Waals surface area contributed by atoms with Crippen LogP contribution in [0.3, 0.4) is 0 Å². The van der Waals surface area contributed by atoms with Crippen LogP contribution in [-0.2, 0) is 4.74 Å². The van der Waals surface area contributed by atoms with Crippen molar-refractivity contribution in [3.8, 4) is 11.1 Å². The van der Waals surface area contributed by atoms with Gasteiger partial charge < -0.3 is 10.5 Å². The summed E-state index contributed by atoms with van der Waals surface area (Å²) in [7, 11) is 0. The molecule has 0 radical (unpaired) electrons. The molecule has 4 rings (SSSR count). The predicted octanol–water partition coefficient (Wildman–Crippen LogP) is 4.03. The van der Waals surface area contributed by atoms with Crippen molar-refractivity contribution >= 4 is 5.70 Å². The van der Waals surface area contributed by atoms with E-state index in [-0.39, 0.29) is 18.0 Å². The number of benzene rings is 1. The highest BCUT2D eigenvalue weighted by Gasteiger charge is 2.41. The average molecular weight is 296 g/mol. The fourth-order valence-corrected chi connectivity index (χ4v) is 3.44. The monoisotopic (exact) mass is 296 g/mol. The second-order valence-electron chi connectivity index (χ2n) is 6.05. The summed E-state index contributed by atoms with van der Waals surface area (Å²) in [6.07, 6.45) is 1.94. The molecule has 2 bridgehead atoms. The number of hydrogen-bond donors (Lipinski definition) is 1. The molecule has 3 heterocycles. The summed E-state index contributed by atoms with van der Waals surface area (Å²) in [5.41, 5.74) is 11.0. The summed E-state index contributed by atoms with van der Waals surface area (Å²) in [4.78, 5) is 4.60. The Morgan fingerprint density at radius 3 is 2.77 bits per heavy atom. The second kappa shape index (κ2) is 4.65. The van der Waals surface area contributed by atoms with Gasteiger partial charge in [0.15, 0.2) is 0 Å². The molecule has 2 aliphatic heterocycles. The van der Waals surface area contributed by atoms with Gasteiger partial charge in [-0.1, -0.05) is 18.7 Å². The highest BCUT2D eigenvalue weighted by atomic mass is 19.1. The summed E-state index contributed by atoms with van der Waals surface area (Å²) in [6.45, 7) is 5.64. The van der Waals surface area contributed by atoms with Crippen LogP contribution in [0, 0.1) is 12.7 Å². The molecule has 1 aromatic carbocycles. The number of aryl methyl sites for hydroxylation is 1. The van der Waals surface area contributed by atoms with Gasteiger partial charge in [0.25, 0.3) is 0 Å². The van der Waals surface area contributed by atoms with Gasteiger partial charge in [0.2, 0.25) is 0 Å². The minimum absolute atomic E-state index is 0.00607. The van der Waals surface area contributed by atoms with Crippen LogP contribution in [0.2, 0.25) is 0 Å². The lowest BCUT2D eigenvalue weighted by Crippen LogP contribution is -2.08. The Balaban J connectivity index is 1.99. The fourth-order valence-electron chi connectivity index (χ4n) is 3.44. The Morgan fingerprint density at radius 2 is 2.05 bits per heavy atom. The number of aromatic nitrogens is 1. The van der Waals surface area contributed by atoms with Crippen molar-refractivity contribution in [3.05, 3.63) is 59.2 Å². The van der Waals surface area contributed by atoms with Crippen LogP contribution in [0.5, 0.6) is 0 Å². The molecule has 1 fully saturated rings. The molecular weight excluding hydrogens is 279 g/mol. The van der Waals surface area contributed by atoms with Gasteiger partial charge in [-0.05, 0) is 43.0 Å². The van der Waals surface area contributed by atoms with Crippen molar-refractivity contribution in [1.82, 2.24) is 4.98 Å². The van der Waals surface area contributed by atoms with E-state index in [4.69, 9.17) is 10.5 Å². The molecule has 3 nitrogen and oxygen atoms in total. The molecule has 2 atom stereocenters. The zero-order valence-corrected chi connectivity index (χ0v) is 12.4. The zero-order chi connectivity index (χ0) is 15.4. The van der Waals surface area contributed by atoms with Gasteiger partial charge in [-0.2, -0.15) is 0 Å². The number of ether oxygens (including phenoxy) is 1. The molecule has 0 unspecified atom stereocenters. The van der Waals surface area contributed by atoms with Crippen LogP contribution in [0.1, 0.15) is 47.6 Å². The van der Waals surface area contributed by atoms with E-state index in [2.05, 4.69) is 11.6 Å². The van der Waals surface area contributed by atoms with E-state index in [9.17, 15) is 4.39 Å². The van der Waals surface area contributed by atoms with E-state index in [1.54, 1.807) is 6.07 Å². The van der Waals surface area contributed by atoms with Crippen molar-refractivity contribution in [3.63, 3.8) is 0 Å². The van der Waals surface area contributed by atoms with Gasteiger partial charge in [-0.25, -0.2) is 9.37 Å². The Bertz CT molecular complexity index is 800. The van der Waals surface area contributed by atoms with Crippen LogP contribution in [0.15, 0.2) is 30.8 Å². The normalized spacial score (nSPS) is 21.9. The third kappa shape index (κ3) is 1.87. The Morgan fingerprint density at radius 1 is 1.27 bits per heavy atom. The van der Waals surface area contributed by atoms with Crippen LogP contribution < -0.4 is 5.73 Å². The molecule has 0 saturated carbocycles. The predicted molar refractivity (Wildman–Crippen MR) is 83.4 cm³/mol. The molecule has 2 N–H and O–H groups in total. The molecule has 0 aliphatic carbocycles. The topological polar surface area (TPSA) is 48.1 Å². The number of hydrogen-bond acceptors (Lipinski definition) is 3. The molecule has 1 aromatic heterocycles. The second-order valence-corrected chi connectivity index (χ2v) is 6.05. The van der Waals surface area contributed by atoms with Crippen molar-refractivity contribution < 1.29 is 9.13 Å². The van der Waals surface area contributed by atoms with Crippen molar-refractivity contribution in [2.45, 2.75) is 32.0 Å². The summed E-state index contributed by atoms with van der Waals surface area (Å²) in [5.74, 6) is -0.232. The van der Waals surface area contributed by atoms with Crippen LogP contribution >= 0.6 is 0 Å². The lowest BCUT2D eigenvalue weighted by Gasteiger charge is -2.18. The average Bonchev–Trinajstić information content (AvgIpc) is 3.08. The van der Waals surface area contributed by atoms with Crippen LogP contribution in [-0.4, -0.2) is 4.98 Å². The highest BCUT2D eigenvalue weighted by Crippen LogP contribution is 2.53. The highest BCUT2D eigenvalue weighted by molar-refractivity contribution is 5.74. The maximum atomic E-state index is 14.5.